The lowest BCUT2D eigenvalue weighted by atomic mass is 10.4. The van der Waals surface area contributed by atoms with Crippen LogP contribution in [0.15, 0.2) is 34.1 Å². The quantitative estimate of drug-likeness (QED) is 0.786. The SMILES string of the molecule is CNS(=O)(=O)c1ccccc1S(=O)(=O)N(C)CCSC. The van der Waals surface area contributed by atoms with Crippen molar-refractivity contribution in [2.75, 3.05) is 32.6 Å². The molecule has 1 rings (SSSR count). The molecule has 1 N–H and O–H groups in total. The van der Waals surface area contributed by atoms with Crippen molar-refractivity contribution in [1.82, 2.24) is 9.03 Å². The molecule has 20 heavy (non-hydrogen) atoms. The molecular formula is C11H18N2O4S3. The second-order valence-corrected chi connectivity index (χ2v) is 8.83. The van der Waals surface area contributed by atoms with E-state index in [-0.39, 0.29) is 9.79 Å². The van der Waals surface area contributed by atoms with Crippen molar-refractivity contribution in [3.63, 3.8) is 0 Å². The third-order valence-electron chi connectivity index (χ3n) is 2.71. The minimum Gasteiger partial charge on any atom is -0.214 e. The van der Waals surface area contributed by atoms with Crippen LogP contribution in [0.2, 0.25) is 0 Å². The summed E-state index contributed by atoms with van der Waals surface area (Å²) in [4.78, 5) is -0.448. The van der Waals surface area contributed by atoms with Crippen LogP contribution in [-0.4, -0.2) is 53.8 Å². The van der Waals surface area contributed by atoms with E-state index in [1.165, 1.54) is 50.1 Å². The first-order valence-electron chi connectivity index (χ1n) is 5.75. The van der Waals surface area contributed by atoms with Gasteiger partial charge in [0, 0.05) is 19.3 Å². The summed E-state index contributed by atoms with van der Waals surface area (Å²) in [5, 5.41) is 0. The summed E-state index contributed by atoms with van der Waals surface area (Å²) >= 11 is 1.52. The fraction of sp³-hybridized carbons (Fsp3) is 0.455. The fourth-order valence-corrected chi connectivity index (χ4v) is 4.77. The van der Waals surface area contributed by atoms with Gasteiger partial charge in [0.15, 0.2) is 0 Å². The van der Waals surface area contributed by atoms with E-state index < -0.39 is 20.0 Å². The highest BCUT2D eigenvalue weighted by Crippen LogP contribution is 2.23. The Morgan fingerprint density at radius 2 is 1.70 bits per heavy atom. The van der Waals surface area contributed by atoms with Gasteiger partial charge in [-0.1, -0.05) is 12.1 Å². The van der Waals surface area contributed by atoms with E-state index in [1.54, 1.807) is 0 Å². The lowest BCUT2D eigenvalue weighted by Gasteiger charge is -2.18. The molecule has 114 valence electrons. The second-order valence-electron chi connectivity index (χ2n) is 3.97. The topological polar surface area (TPSA) is 83.5 Å². The van der Waals surface area contributed by atoms with E-state index >= 15 is 0 Å². The van der Waals surface area contributed by atoms with E-state index in [2.05, 4.69) is 4.72 Å². The summed E-state index contributed by atoms with van der Waals surface area (Å²) in [6.45, 7) is 0.317. The standard InChI is InChI=1S/C11H18N2O4S3/c1-12-19(14,15)10-6-4-5-7-11(10)20(16,17)13(2)8-9-18-3/h4-7,12H,8-9H2,1-3H3. The first-order valence-corrected chi connectivity index (χ1v) is 10.1. The Labute approximate surface area is 124 Å². The van der Waals surface area contributed by atoms with Crippen molar-refractivity contribution >= 4 is 31.8 Å². The van der Waals surface area contributed by atoms with E-state index in [4.69, 9.17) is 0 Å². The average Bonchev–Trinajstić information content (AvgIpc) is 2.44. The first kappa shape index (κ1) is 17.4. The molecule has 0 saturated carbocycles. The molecule has 1 aromatic carbocycles. The number of hydrogen-bond donors (Lipinski definition) is 1. The number of nitrogens with zero attached hydrogens (tertiary/aromatic N) is 1. The van der Waals surface area contributed by atoms with Crippen molar-refractivity contribution in [3.8, 4) is 0 Å². The molecule has 0 aliphatic carbocycles. The van der Waals surface area contributed by atoms with Crippen LogP contribution in [0.25, 0.3) is 0 Å². The number of benzene rings is 1. The van der Waals surface area contributed by atoms with Crippen molar-refractivity contribution in [1.29, 1.82) is 0 Å². The predicted octanol–water partition coefficient (Wildman–Crippen LogP) is 0.578. The van der Waals surface area contributed by atoms with Crippen LogP contribution in [0.3, 0.4) is 0 Å². The maximum Gasteiger partial charge on any atom is 0.244 e. The maximum absolute atomic E-state index is 12.4. The molecule has 0 aliphatic heterocycles. The Bertz CT molecular complexity index is 656. The zero-order chi connectivity index (χ0) is 15.4. The summed E-state index contributed by atoms with van der Waals surface area (Å²) in [5.74, 6) is 0.636. The van der Waals surface area contributed by atoms with Gasteiger partial charge in [0.25, 0.3) is 0 Å². The highest BCUT2D eigenvalue weighted by Gasteiger charge is 2.28. The first-order chi connectivity index (χ1) is 9.27. The Hall–Kier alpha value is -0.610. The Morgan fingerprint density at radius 3 is 2.20 bits per heavy atom. The van der Waals surface area contributed by atoms with Gasteiger partial charge < -0.3 is 0 Å². The summed E-state index contributed by atoms with van der Waals surface area (Å²) in [6, 6.07) is 5.57. The van der Waals surface area contributed by atoms with Gasteiger partial charge in [0.2, 0.25) is 20.0 Å². The molecule has 0 spiro atoms. The van der Waals surface area contributed by atoms with Gasteiger partial charge >= 0.3 is 0 Å². The molecule has 0 radical (unpaired) electrons. The zero-order valence-corrected chi connectivity index (χ0v) is 14.0. The third-order valence-corrected chi connectivity index (χ3v) is 6.81. The molecule has 0 heterocycles. The van der Waals surface area contributed by atoms with E-state index in [9.17, 15) is 16.8 Å². The molecule has 6 nitrogen and oxygen atoms in total. The summed E-state index contributed by atoms with van der Waals surface area (Å²) < 4.78 is 52.0. The highest BCUT2D eigenvalue weighted by molar-refractivity contribution is 7.98. The normalized spacial score (nSPS) is 12.8. The van der Waals surface area contributed by atoms with Gasteiger partial charge in [-0.05, 0) is 25.4 Å². The van der Waals surface area contributed by atoms with Crippen LogP contribution in [0.5, 0.6) is 0 Å². The van der Waals surface area contributed by atoms with E-state index in [1.807, 2.05) is 6.26 Å². The van der Waals surface area contributed by atoms with Crippen LogP contribution in [0.1, 0.15) is 0 Å². The minimum absolute atomic E-state index is 0.210. The van der Waals surface area contributed by atoms with Crippen LogP contribution >= 0.6 is 11.8 Å². The molecule has 1 aromatic rings. The van der Waals surface area contributed by atoms with Crippen molar-refractivity contribution < 1.29 is 16.8 Å². The average molecular weight is 338 g/mol. The van der Waals surface area contributed by atoms with E-state index in [0.29, 0.717) is 12.3 Å². The number of hydrogen-bond acceptors (Lipinski definition) is 5. The minimum atomic E-state index is -3.83. The Morgan fingerprint density at radius 1 is 1.15 bits per heavy atom. The van der Waals surface area contributed by atoms with Crippen LogP contribution < -0.4 is 4.72 Å². The molecule has 0 amide bonds. The third kappa shape index (κ3) is 3.73. The number of thioether (sulfide) groups is 1. The zero-order valence-electron chi connectivity index (χ0n) is 11.5. The van der Waals surface area contributed by atoms with Gasteiger partial charge in [-0.15, -0.1) is 0 Å². The molecular weight excluding hydrogens is 320 g/mol. The van der Waals surface area contributed by atoms with E-state index in [0.717, 1.165) is 4.31 Å². The van der Waals surface area contributed by atoms with Gasteiger partial charge in [-0.2, -0.15) is 11.8 Å². The van der Waals surface area contributed by atoms with Crippen molar-refractivity contribution in [2.24, 2.45) is 0 Å². The smallest absolute Gasteiger partial charge is 0.214 e. The molecule has 0 bridgehead atoms. The Kier molecular flexibility index (Phi) is 6.02. The number of sulfonamides is 2. The molecule has 0 aliphatic rings. The molecule has 0 atom stereocenters. The summed E-state index contributed by atoms with van der Waals surface area (Å²) in [5.41, 5.74) is 0. The monoisotopic (exact) mass is 338 g/mol. The van der Waals surface area contributed by atoms with Crippen LogP contribution in [-0.2, 0) is 20.0 Å². The van der Waals surface area contributed by atoms with Crippen LogP contribution in [0.4, 0.5) is 0 Å². The lowest BCUT2D eigenvalue weighted by Crippen LogP contribution is -2.31. The second kappa shape index (κ2) is 6.90. The van der Waals surface area contributed by atoms with Crippen molar-refractivity contribution in [3.05, 3.63) is 24.3 Å². The molecule has 0 saturated heterocycles. The summed E-state index contributed by atoms with van der Waals surface area (Å²) in [6.07, 6.45) is 1.87. The summed E-state index contributed by atoms with van der Waals surface area (Å²) in [7, 11) is -4.98. The molecule has 0 aromatic heterocycles. The van der Waals surface area contributed by atoms with Gasteiger partial charge in [0.1, 0.15) is 9.79 Å². The van der Waals surface area contributed by atoms with Crippen LogP contribution in [0, 0.1) is 0 Å². The number of rotatable bonds is 7. The Balaban J connectivity index is 3.34. The predicted molar refractivity (Wildman–Crippen MR) is 80.9 cm³/mol. The fourth-order valence-electron chi connectivity index (χ4n) is 1.50. The largest absolute Gasteiger partial charge is 0.244 e. The highest BCUT2D eigenvalue weighted by atomic mass is 32.2. The van der Waals surface area contributed by atoms with Crippen molar-refractivity contribution in [2.45, 2.75) is 9.79 Å². The van der Waals surface area contributed by atoms with Gasteiger partial charge in [-0.3, -0.25) is 0 Å². The maximum atomic E-state index is 12.4. The number of nitrogens with one attached hydrogen (secondary N) is 1. The lowest BCUT2D eigenvalue weighted by molar-refractivity contribution is 0.485. The van der Waals surface area contributed by atoms with Gasteiger partial charge in [0.05, 0.1) is 0 Å². The molecule has 9 heteroatoms. The van der Waals surface area contributed by atoms with Gasteiger partial charge in [-0.25, -0.2) is 25.9 Å². The molecule has 0 unspecified atom stereocenters. The molecule has 0 fully saturated rings.